The van der Waals surface area contributed by atoms with Gasteiger partial charge >= 0.3 is 12.1 Å². The first kappa shape index (κ1) is 21.0. The van der Waals surface area contributed by atoms with Crippen LogP contribution in [0, 0.1) is 17.2 Å². The number of para-hydroxylation sites is 1. The number of alkyl halides is 3. The van der Waals surface area contributed by atoms with Crippen LogP contribution in [0.3, 0.4) is 0 Å². The summed E-state index contributed by atoms with van der Waals surface area (Å²) in [6.07, 6.45) is -3.54. The van der Waals surface area contributed by atoms with Gasteiger partial charge in [-0.2, -0.15) is 18.4 Å². The molecule has 0 aliphatic carbocycles. The zero-order valence-electron chi connectivity index (χ0n) is 14.1. The zero-order valence-corrected chi connectivity index (χ0v) is 14.1. The number of hydrogen-bond acceptors (Lipinski definition) is 4. The lowest BCUT2D eigenvalue weighted by Crippen LogP contribution is -2.35. The van der Waals surface area contributed by atoms with Crippen molar-refractivity contribution < 1.29 is 27.9 Å². The molecule has 1 aromatic carbocycles. The Hall–Kier alpha value is -3.02. The molecule has 1 rings (SSSR count). The second-order valence-electron chi connectivity index (χ2n) is 5.85. The van der Waals surface area contributed by atoms with Crippen LogP contribution in [-0.2, 0) is 15.8 Å². The summed E-state index contributed by atoms with van der Waals surface area (Å²) < 4.78 is 38.8. The van der Waals surface area contributed by atoms with Crippen LogP contribution in [0.5, 0.6) is 0 Å². The SMILES string of the molecule is CC(C)CC(N/C=C(/C#N)C(=O)Nc1ccccc1C(F)(F)F)C(=O)O. The van der Waals surface area contributed by atoms with Crippen LogP contribution in [0.15, 0.2) is 36.0 Å². The Labute approximate surface area is 148 Å². The smallest absolute Gasteiger partial charge is 0.418 e. The van der Waals surface area contributed by atoms with Crippen molar-refractivity contribution in [3.8, 4) is 6.07 Å². The Morgan fingerprint density at radius 3 is 2.42 bits per heavy atom. The highest BCUT2D eigenvalue weighted by Crippen LogP contribution is 2.34. The number of aliphatic carboxylic acids is 1. The predicted octanol–water partition coefficient (Wildman–Crippen LogP) is 3.14. The molecule has 1 atom stereocenters. The maximum atomic E-state index is 12.9. The quantitative estimate of drug-likeness (QED) is 0.506. The van der Waals surface area contributed by atoms with Crippen molar-refractivity contribution in [2.24, 2.45) is 5.92 Å². The molecule has 0 radical (unpaired) electrons. The van der Waals surface area contributed by atoms with Crippen molar-refractivity contribution in [2.75, 3.05) is 5.32 Å². The Morgan fingerprint density at radius 2 is 1.92 bits per heavy atom. The molecule has 6 nitrogen and oxygen atoms in total. The van der Waals surface area contributed by atoms with E-state index in [2.05, 4.69) is 5.32 Å². The lowest BCUT2D eigenvalue weighted by Gasteiger charge is -2.15. The van der Waals surface area contributed by atoms with E-state index >= 15 is 0 Å². The van der Waals surface area contributed by atoms with Gasteiger partial charge in [-0.15, -0.1) is 0 Å². The molecular weight excluding hydrogens is 351 g/mol. The molecule has 1 unspecified atom stereocenters. The number of hydrogen-bond donors (Lipinski definition) is 3. The second-order valence-corrected chi connectivity index (χ2v) is 5.85. The summed E-state index contributed by atoms with van der Waals surface area (Å²) in [7, 11) is 0. The number of nitrogens with one attached hydrogen (secondary N) is 2. The highest BCUT2D eigenvalue weighted by Gasteiger charge is 2.33. The summed E-state index contributed by atoms with van der Waals surface area (Å²) in [5.74, 6) is -2.21. The van der Waals surface area contributed by atoms with E-state index in [0.29, 0.717) is 0 Å². The van der Waals surface area contributed by atoms with Gasteiger partial charge in [-0.3, -0.25) is 4.79 Å². The summed E-state index contributed by atoms with van der Waals surface area (Å²) in [6.45, 7) is 3.60. The Balaban J connectivity index is 2.97. The van der Waals surface area contributed by atoms with E-state index in [1.54, 1.807) is 19.9 Å². The maximum Gasteiger partial charge on any atom is 0.418 e. The average molecular weight is 369 g/mol. The van der Waals surface area contributed by atoms with Gasteiger partial charge in [-0.1, -0.05) is 26.0 Å². The van der Waals surface area contributed by atoms with Crippen LogP contribution in [-0.4, -0.2) is 23.0 Å². The summed E-state index contributed by atoms with van der Waals surface area (Å²) in [5, 5.41) is 22.6. The standard InChI is InChI=1S/C17H18F3N3O3/c1-10(2)7-14(16(25)26)22-9-11(8-21)15(24)23-13-6-4-3-5-12(13)17(18,19)20/h3-6,9-10,14,22H,7H2,1-2H3,(H,23,24)(H,25,26)/b11-9-. The van der Waals surface area contributed by atoms with E-state index < -0.39 is 40.9 Å². The number of carbonyl (C=O) groups is 2. The minimum atomic E-state index is -4.68. The van der Waals surface area contributed by atoms with Gasteiger partial charge in [0.05, 0.1) is 11.3 Å². The number of nitrogens with zero attached hydrogens (tertiary/aromatic N) is 1. The molecular formula is C17H18F3N3O3. The predicted molar refractivity (Wildman–Crippen MR) is 87.8 cm³/mol. The normalized spacial score (nSPS) is 13.0. The third-order valence-electron chi connectivity index (χ3n) is 3.28. The fourth-order valence-electron chi connectivity index (χ4n) is 2.07. The number of nitriles is 1. The van der Waals surface area contributed by atoms with Gasteiger partial charge in [0.1, 0.15) is 17.7 Å². The van der Waals surface area contributed by atoms with E-state index in [9.17, 15) is 22.8 Å². The molecule has 140 valence electrons. The Morgan fingerprint density at radius 1 is 1.31 bits per heavy atom. The van der Waals surface area contributed by atoms with Crippen LogP contribution in [0.4, 0.5) is 18.9 Å². The molecule has 1 aromatic rings. The van der Waals surface area contributed by atoms with Crippen LogP contribution < -0.4 is 10.6 Å². The highest BCUT2D eigenvalue weighted by molar-refractivity contribution is 6.06. The summed E-state index contributed by atoms with van der Waals surface area (Å²) >= 11 is 0. The number of halogens is 3. The molecule has 0 fully saturated rings. The van der Waals surface area contributed by atoms with Gasteiger partial charge in [0.2, 0.25) is 0 Å². The van der Waals surface area contributed by atoms with Crippen molar-refractivity contribution >= 4 is 17.6 Å². The van der Waals surface area contributed by atoms with E-state index in [1.165, 1.54) is 12.1 Å². The van der Waals surface area contributed by atoms with Crippen LogP contribution in [0.25, 0.3) is 0 Å². The maximum absolute atomic E-state index is 12.9. The fraction of sp³-hybridized carbons (Fsp3) is 0.353. The van der Waals surface area contributed by atoms with Crippen molar-refractivity contribution in [1.82, 2.24) is 5.32 Å². The lowest BCUT2D eigenvalue weighted by molar-refractivity contribution is -0.140. The highest BCUT2D eigenvalue weighted by atomic mass is 19.4. The van der Waals surface area contributed by atoms with E-state index in [0.717, 1.165) is 18.3 Å². The van der Waals surface area contributed by atoms with Gasteiger partial charge in [0, 0.05) is 6.20 Å². The van der Waals surface area contributed by atoms with Crippen LogP contribution in [0.1, 0.15) is 25.8 Å². The number of carbonyl (C=O) groups excluding carboxylic acids is 1. The molecule has 3 N–H and O–H groups in total. The monoisotopic (exact) mass is 369 g/mol. The lowest BCUT2D eigenvalue weighted by atomic mass is 10.0. The largest absolute Gasteiger partial charge is 0.480 e. The molecule has 0 heterocycles. The van der Waals surface area contributed by atoms with Crippen LogP contribution >= 0.6 is 0 Å². The number of rotatable bonds is 7. The molecule has 0 aliphatic rings. The van der Waals surface area contributed by atoms with Crippen LogP contribution in [0.2, 0.25) is 0 Å². The Bertz CT molecular complexity index is 737. The molecule has 1 amide bonds. The molecule has 0 saturated heterocycles. The van der Waals surface area contributed by atoms with Crippen molar-refractivity contribution in [3.05, 3.63) is 41.6 Å². The summed E-state index contributed by atoms with van der Waals surface area (Å²) in [4.78, 5) is 23.2. The molecule has 0 aromatic heterocycles. The van der Waals surface area contributed by atoms with E-state index in [4.69, 9.17) is 10.4 Å². The van der Waals surface area contributed by atoms with Gasteiger partial charge in [0.25, 0.3) is 5.91 Å². The summed E-state index contributed by atoms with van der Waals surface area (Å²) in [6, 6.07) is 4.84. The topological polar surface area (TPSA) is 102 Å². The molecule has 0 aliphatic heterocycles. The number of benzene rings is 1. The number of anilines is 1. The van der Waals surface area contributed by atoms with Gasteiger partial charge < -0.3 is 15.7 Å². The second kappa shape index (κ2) is 8.89. The van der Waals surface area contributed by atoms with Gasteiger partial charge in [-0.25, -0.2) is 4.79 Å². The van der Waals surface area contributed by atoms with E-state index in [1.807, 2.05) is 5.32 Å². The molecule has 9 heteroatoms. The molecule has 26 heavy (non-hydrogen) atoms. The first-order valence-electron chi connectivity index (χ1n) is 7.63. The summed E-state index contributed by atoms with van der Waals surface area (Å²) in [5.41, 5.74) is -2.10. The average Bonchev–Trinajstić information content (AvgIpc) is 2.53. The van der Waals surface area contributed by atoms with Crippen molar-refractivity contribution in [3.63, 3.8) is 0 Å². The third-order valence-corrected chi connectivity index (χ3v) is 3.28. The van der Waals surface area contributed by atoms with Crippen molar-refractivity contribution in [1.29, 1.82) is 5.26 Å². The minimum Gasteiger partial charge on any atom is -0.480 e. The van der Waals surface area contributed by atoms with Crippen molar-refractivity contribution in [2.45, 2.75) is 32.5 Å². The number of carboxylic acids is 1. The minimum absolute atomic E-state index is 0.0371. The Kier molecular flexibility index (Phi) is 7.19. The first-order chi connectivity index (χ1) is 12.1. The zero-order chi connectivity index (χ0) is 19.9. The molecule has 0 saturated carbocycles. The third kappa shape index (κ3) is 6.12. The number of carboxylic acid groups (broad SMARTS) is 1. The van der Waals surface area contributed by atoms with E-state index in [-0.39, 0.29) is 12.3 Å². The molecule has 0 spiro atoms. The van der Waals surface area contributed by atoms with Gasteiger partial charge in [0.15, 0.2) is 0 Å². The number of amides is 1. The molecule has 0 bridgehead atoms. The first-order valence-corrected chi connectivity index (χ1v) is 7.63. The fourth-order valence-corrected chi connectivity index (χ4v) is 2.07. The van der Waals surface area contributed by atoms with Gasteiger partial charge in [-0.05, 0) is 24.5 Å².